The van der Waals surface area contributed by atoms with Crippen LogP contribution in [0.25, 0.3) is 0 Å². The second-order valence-electron chi connectivity index (χ2n) is 6.31. The van der Waals surface area contributed by atoms with Gasteiger partial charge in [0.2, 0.25) is 5.91 Å². The molecular weight excluding hydrogens is 228 g/mol. The maximum atomic E-state index is 12.1. The maximum Gasteiger partial charge on any atom is 0.223 e. The standard InChI is InChI=1S/C14H28N2O2/c1-11-7-9-16(10-12(11)18-5)13(17)6-8-15-14(2,3)4/h11-12,15H,6-10H2,1-5H3. The van der Waals surface area contributed by atoms with Crippen LogP contribution in [0.4, 0.5) is 0 Å². The highest BCUT2D eigenvalue weighted by Gasteiger charge is 2.28. The minimum absolute atomic E-state index is 0.0752. The van der Waals surface area contributed by atoms with E-state index < -0.39 is 0 Å². The van der Waals surface area contributed by atoms with Crippen LogP contribution >= 0.6 is 0 Å². The van der Waals surface area contributed by atoms with Crippen molar-refractivity contribution in [2.45, 2.75) is 52.2 Å². The molecule has 4 heteroatoms. The molecule has 0 aromatic heterocycles. The molecule has 1 aliphatic heterocycles. The summed E-state index contributed by atoms with van der Waals surface area (Å²) in [5, 5.41) is 3.35. The van der Waals surface area contributed by atoms with Crippen molar-refractivity contribution < 1.29 is 9.53 Å². The van der Waals surface area contributed by atoms with E-state index in [1.165, 1.54) is 0 Å². The first kappa shape index (κ1) is 15.4. The molecule has 0 aromatic rings. The normalized spacial score (nSPS) is 25.3. The summed E-state index contributed by atoms with van der Waals surface area (Å²) < 4.78 is 5.43. The summed E-state index contributed by atoms with van der Waals surface area (Å²) in [6.07, 6.45) is 1.80. The van der Waals surface area contributed by atoms with Gasteiger partial charge in [0, 0.05) is 38.7 Å². The summed E-state index contributed by atoms with van der Waals surface area (Å²) in [6.45, 7) is 10.9. The van der Waals surface area contributed by atoms with Crippen LogP contribution in [0.15, 0.2) is 0 Å². The van der Waals surface area contributed by atoms with Gasteiger partial charge in [-0.15, -0.1) is 0 Å². The lowest BCUT2D eigenvalue weighted by atomic mass is 9.95. The van der Waals surface area contributed by atoms with Gasteiger partial charge in [-0.05, 0) is 33.1 Å². The van der Waals surface area contributed by atoms with Crippen molar-refractivity contribution >= 4 is 5.91 Å². The van der Waals surface area contributed by atoms with Gasteiger partial charge in [-0.2, -0.15) is 0 Å². The number of hydrogen-bond donors (Lipinski definition) is 1. The molecule has 1 saturated heterocycles. The highest BCUT2D eigenvalue weighted by atomic mass is 16.5. The molecule has 1 amide bonds. The monoisotopic (exact) mass is 256 g/mol. The van der Waals surface area contributed by atoms with E-state index in [9.17, 15) is 4.79 Å². The van der Waals surface area contributed by atoms with Gasteiger partial charge in [0.15, 0.2) is 0 Å². The number of likely N-dealkylation sites (tertiary alicyclic amines) is 1. The average molecular weight is 256 g/mol. The molecule has 2 unspecified atom stereocenters. The van der Waals surface area contributed by atoms with E-state index in [1.54, 1.807) is 7.11 Å². The summed E-state index contributed by atoms with van der Waals surface area (Å²) in [7, 11) is 1.73. The summed E-state index contributed by atoms with van der Waals surface area (Å²) in [5.41, 5.74) is 0.0752. The fraction of sp³-hybridized carbons (Fsp3) is 0.929. The first-order chi connectivity index (χ1) is 8.33. The van der Waals surface area contributed by atoms with Gasteiger partial charge < -0.3 is 15.0 Å². The maximum absolute atomic E-state index is 12.1. The second kappa shape index (κ2) is 6.53. The zero-order valence-electron chi connectivity index (χ0n) is 12.5. The number of nitrogens with one attached hydrogen (secondary N) is 1. The van der Waals surface area contributed by atoms with Crippen LogP contribution < -0.4 is 5.32 Å². The van der Waals surface area contributed by atoms with Crippen LogP contribution in [-0.2, 0) is 9.53 Å². The van der Waals surface area contributed by atoms with Gasteiger partial charge in [-0.25, -0.2) is 0 Å². The number of carbonyl (C=O) groups excluding carboxylic acids is 1. The van der Waals surface area contributed by atoms with Gasteiger partial charge in [0.25, 0.3) is 0 Å². The Hall–Kier alpha value is -0.610. The molecule has 1 N–H and O–H groups in total. The molecule has 0 bridgehead atoms. The van der Waals surface area contributed by atoms with Gasteiger partial charge >= 0.3 is 0 Å². The number of rotatable bonds is 4. The van der Waals surface area contributed by atoms with Gasteiger partial charge in [-0.1, -0.05) is 6.92 Å². The van der Waals surface area contributed by atoms with Crippen molar-refractivity contribution in [3.05, 3.63) is 0 Å². The number of nitrogens with zero attached hydrogens (tertiary/aromatic N) is 1. The number of piperidine rings is 1. The molecule has 0 radical (unpaired) electrons. The summed E-state index contributed by atoms with van der Waals surface area (Å²) in [5.74, 6) is 0.785. The highest BCUT2D eigenvalue weighted by Crippen LogP contribution is 2.19. The minimum Gasteiger partial charge on any atom is -0.379 e. The molecule has 0 spiro atoms. The predicted molar refractivity (Wildman–Crippen MR) is 73.5 cm³/mol. The summed E-state index contributed by atoms with van der Waals surface area (Å²) in [4.78, 5) is 14.0. The van der Waals surface area contributed by atoms with Crippen molar-refractivity contribution in [2.24, 2.45) is 5.92 Å². The molecule has 1 aliphatic rings. The largest absolute Gasteiger partial charge is 0.379 e. The Morgan fingerprint density at radius 2 is 2.11 bits per heavy atom. The van der Waals surface area contributed by atoms with E-state index >= 15 is 0 Å². The van der Waals surface area contributed by atoms with Crippen molar-refractivity contribution in [1.82, 2.24) is 10.2 Å². The topological polar surface area (TPSA) is 41.6 Å². The predicted octanol–water partition coefficient (Wildman–Crippen LogP) is 1.65. The molecule has 0 saturated carbocycles. The van der Waals surface area contributed by atoms with Crippen LogP contribution in [0.2, 0.25) is 0 Å². The Kier molecular flexibility index (Phi) is 5.60. The molecule has 0 aliphatic carbocycles. The van der Waals surface area contributed by atoms with E-state index in [0.717, 1.165) is 26.1 Å². The summed E-state index contributed by atoms with van der Waals surface area (Å²) in [6, 6.07) is 0. The molecular formula is C14H28N2O2. The van der Waals surface area contributed by atoms with Crippen LogP contribution in [0.5, 0.6) is 0 Å². The average Bonchev–Trinajstić information content (AvgIpc) is 2.27. The minimum atomic E-state index is 0.0752. The number of amides is 1. The highest BCUT2D eigenvalue weighted by molar-refractivity contribution is 5.76. The van der Waals surface area contributed by atoms with Crippen LogP contribution in [0.1, 0.15) is 40.5 Å². The molecule has 1 fully saturated rings. The van der Waals surface area contributed by atoms with Crippen LogP contribution in [0.3, 0.4) is 0 Å². The molecule has 1 rings (SSSR count). The first-order valence-corrected chi connectivity index (χ1v) is 6.89. The van der Waals surface area contributed by atoms with Gasteiger partial charge in [-0.3, -0.25) is 4.79 Å². The molecule has 1 heterocycles. The summed E-state index contributed by atoms with van der Waals surface area (Å²) >= 11 is 0. The quantitative estimate of drug-likeness (QED) is 0.831. The molecule has 2 atom stereocenters. The lowest BCUT2D eigenvalue weighted by Gasteiger charge is -2.36. The van der Waals surface area contributed by atoms with Gasteiger partial charge in [0.1, 0.15) is 0 Å². The third-order valence-corrected chi connectivity index (χ3v) is 3.54. The van der Waals surface area contributed by atoms with Crippen molar-refractivity contribution in [3.8, 4) is 0 Å². The molecule has 4 nitrogen and oxygen atoms in total. The van der Waals surface area contributed by atoms with E-state index in [1.807, 2.05) is 4.90 Å². The molecule has 106 valence electrons. The lowest BCUT2D eigenvalue weighted by Crippen LogP contribution is -2.47. The lowest BCUT2D eigenvalue weighted by molar-refractivity contribution is -0.136. The number of carbonyl (C=O) groups is 1. The Labute approximate surface area is 111 Å². The fourth-order valence-electron chi connectivity index (χ4n) is 2.27. The zero-order valence-corrected chi connectivity index (χ0v) is 12.5. The third-order valence-electron chi connectivity index (χ3n) is 3.54. The fourth-order valence-corrected chi connectivity index (χ4v) is 2.27. The van der Waals surface area contributed by atoms with E-state index in [4.69, 9.17) is 4.74 Å². The van der Waals surface area contributed by atoms with E-state index in [2.05, 4.69) is 33.0 Å². The van der Waals surface area contributed by atoms with Crippen LogP contribution in [-0.4, -0.2) is 49.2 Å². The first-order valence-electron chi connectivity index (χ1n) is 6.89. The Balaban J connectivity index is 2.34. The van der Waals surface area contributed by atoms with Crippen molar-refractivity contribution in [1.29, 1.82) is 0 Å². The Morgan fingerprint density at radius 3 is 2.67 bits per heavy atom. The Bertz CT molecular complexity index is 273. The van der Waals surface area contributed by atoms with Crippen molar-refractivity contribution in [3.63, 3.8) is 0 Å². The number of ether oxygens (including phenoxy) is 1. The number of methoxy groups -OCH3 is 1. The number of hydrogen-bond acceptors (Lipinski definition) is 3. The molecule has 0 aromatic carbocycles. The Morgan fingerprint density at radius 1 is 1.44 bits per heavy atom. The zero-order chi connectivity index (χ0) is 13.8. The van der Waals surface area contributed by atoms with E-state index in [-0.39, 0.29) is 17.6 Å². The smallest absolute Gasteiger partial charge is 0.223 e. The van der Waals surface area contributed by atoms with Gasteiger partial charge in [0.05, 0.1) is 6.10 Å². The second-order valence-corrected chi connectivity index (χ2v) is 6.31. The van der Waals surface area contributed by atoms with E-state index in [0.29, 0.717) is 12.3 Å². The molecule has 18 heavy (non-hydrogen) atoms. The third kappa shape index (κ3) is 4.94. The van der Waals surface area contributed by atoms with Crippen molar-refractivity contribution in [2.75, 3.05) is 26.7 Å². The SMILES string of the molecule is COC1CN(C(=O)CCNC(C)(C)C)CCC1C. The van der Waals surface area contributed by atoms with Crippen LogP contribution in [0, 0.1) is 5.92 Å².